The lowest BCUT2D eigenvalue weighted by atomic mass is 9.94. The summed E-state index contributed by atoms with van der Waals surface area (Å²) in [6, 6.07) is 5.06. The second-order valence-corrected chi connectivity index (χ2v) is 5.09. The molecule has 1 aromatic rings. The molecular weight excluding hydrogens is 280 g/mol. The van der Waals surface area contributed by atoms with Crippen LogP contribution >= 0.6 is 0 Å². The highest BCUT2D eigenvalue weighted by Gasteiger charge is 2.25. The number of para-hydroxylation sites is 1. The summed E-state index contributed by atoms with van der Waals surface area (Å²) in [6.45, 7) is 5.18. The van der Waals surface area contributed by atoms with Crippen LogP contribution in [0.15, 0.2) is 18.2 Å². The first-order valence-corrected chi connectivity index (χ1v) is 7.20. The third-order valence-electron chi connectivity index (χ3n) is 3.74. The molecule has 0 aliphatic heterocycles. The van der Waals surface area contributed by atoms with E-state index in [0.29, 0.717) is 18.5 Å². The van der Waals surface area contributed by atoms with E-state index in [1.807, 2.05) is 13.8 Å². The summed E-state index contributed by atoms with van der Waals surface area (Å²) < 4.78 is 5.01. The van der Waals surface area contributed by atoms with E-state index < -0.39 is 24.0 Å². The van der Waals surface area contributed by atoms with Gasteiger partial charge in [0, 0.05) is 5.69 Å². The van der Waals surface area contributed by atoms with Gasteiger partial charge < -0.3 is 15.8 Å². The summed E-state index contributed by atoms with van der Waals surface area (Å²) in [5.74, 6) is 1.53. The lowest BCUT2D eigenvalue weighted by Gasteiger charge is -2.26. The van der Waals surface area contributed by atoms with Gasteiger partial charge in [-0.3, -0.25) is 4.79 Å². The SMILES string of the molecule is C#CC(CC)(CC)NC(=O)COC(=O)c1cccc(C)c1N. The number of anilines is 1. The molecule has 5 nitrogen and oxygen atoms in total. The maximum atomic E-state index is 12.0. The quantitative estimate of drug-likeness (QED) is 0.479. The maximum Gasteiger partial charge on any atom is 0.340 e. The van der Waals surface area contributed by atoms with Crippen LogP contribution < -0.4 is 11.1 Å². The number of benzene rings is 1. The van der Waals surface area contributed by atoms with Gasteiger partial charge in [0.1, 0.15) is 5.54 Å². The maximum absolute atomic E-state index is 12.0. The van der Waals surface area contributed by atoms with Crippen molar-refractivity contribution in [3.8, 4) is 12.3 Å². The van der Waals surface area contributed by atoms with Crippen molar-refractivity contribution in [2.24, 2.45) is 0 Å². The van der Waals surface area contributed by atoms with Crippen LogP contribution in [-0.4, -0.2) is 24.0 Å². The highest BCUT2D eigenvalue weighted by atomic mass is 16.5. The molecule has 0 bridgehead atoms. The van der Waals surface area contributed by atoms with Crippen LogP contribution in [-0.2, 0) is 9.53 Å². The smallest absolute Gasteiger partial charge is 0.340 e. The number of ether oxygens (including phenoxy) is 1. The fraction of sp³-hybridized carbons (Fsp3) is 0.412. The Morgan fingerprint density at radius 3 is 2.55 bits per heavy atom. The number of hydrogen-bond acceptors (Lipinski definition) is 4. The number of amides is 1. The number of nitrogen functional groups attached to an aromatic ring is 1. The number of carbonyl (C=O) groups is 2. The fourth-order valence-electron chi connectivity index (χ4n) is 2.04. The van der Waals surface area contributed by atoms with Crippen LogP contribution in [0.2, 0.25) is 0 Å². The fourth-order valence-corrected chi connectivity index (χ4v) is 2.04. The third kappa shape index (κ3) is 4.01. The summed E-state index contributed by atoms with van der Waals surface area (Å²) in [7, 11) is 0. The van der Waals surface area contributed by atoms with Crippen LogP contribution in [0.4, 0.5) is 5.69 Å². The van der Waals surface area contributed by atoms with Crippen LogP contribution in [0.5, 0.6) is 0 Å². The van der Waals surface area contributed by atoms with E-state index in [4.69, 9.17) is 16.9 Å². The molecule has 22 heavy (non-hydrogen) atoms. The Morgan fingerprint density at radius 2 is 2.00 bits per heavy atom. The zero-order valence-corrected chi connectivity index (χ0v) is 13.2. The van der Waals surface area contributed by atoms with Crippen molar-refractivity contribution in [2.75, 3.05) is 12.3 Å². The van der Waals surface area contributed by atoms with Gasteiger partial charge in [-0.1, -0.05) is 31.9 Å². The number of rotatable bonds is 6. The first kappa shape index (κ1) is 17.6. The van der Waals surface area contributed by atoms with Crippen molar-refractivity contribution in [2.45, 2.75) is 39.2 Å². The molecule has 0 aliphatic carbocycles. The minimum Gasteiger partial charge on any atom is -0.452 e. The lowest BCUT2D eigenvalue weighted by Crippen LogP contribution is -2.48. The average Bonchev–Trinajstić information content (AvgIpc) is 2.53. The molecule has 1 aromatic carbocycles. The molecule has 1 rings (SSSR count). The van der Waals surface area contributed by atoms with Crippen molar-refractivity contribution in [3.63, 3.8) is 0 Å². The van der Waals surface area contributed by atoms with E-state index in [1.54, 1.807) is 25.1 Å². The van der Waals surface area contributed by atoms with Gasteiger partial charge in [-0.15, -0.1) is 6.42 Å². The second-order valence-electron chi connectivity index (χ2n) is 5.09. The van der Waals surface area contributed by atoms with Crippen molar-refractivity contribution in [1.29, 1.82) is 0 Å². The van der Waals surface area contributed by atoms with Gasteiger partial charge in [0.05, 0.1) is 5.56 Å². The van der Waals surface area contributed by atoms with Crippen molar-refractivity contribution in [1.82, 2.24) is 5.32 Å². The Morgan fingerprint density at radius 1 is 1.36 bits per heavy atom. The van der Waals surface area contributed by atoms with E-state index in [-0.39, 0.29) is 5.56 Å². The predicted octanol–water partition coefficient (Wildman–Crippen LogP) is 2.04. The third-order valence-corrected chi connectivity index (χ3v) is 3.74. The second kappa shape index (κ2) is 7.51. The molecule has 0 aliphatic rings. The Bertz CT molecular complexity index is 598. The van der Waals surface area contributed by atoms with Gasteiger partial charge in [0.15, 0.2) is 6.61 Å². The monoisotopic (exact) mass is 302 g/mol. The zero-order valence-electron chi connectivity index (χ0n) is 13.2. The van der Waals surface area contributed by atoms with Crippen molar-refractivity contribution >= 4 is 17.6 Å². The van der Waals surface area contributed by atoms with Gasteiger partial charge in [0.25, 0.3) is 5.91 Å². The van der Waals surface area contributed by atoms with Gasteiger partial charge in [0.2, 0.25) is 0 Å². The summed E-state index contributed by atoms with van der Waals surface area (Å²) >= 11 is 0. The first-order valence-electron chi connectivity index (χ1n) is 7.20. The van der Waals surface area contributed by atoms with Crippen LogP contribution in [0.3, 0.4) is 0 Å². The predicted molar refractivity (Wildman–Crippen MR) is 86.2 cm³/mol. The minimum absolute atomic E-state index is 0.252. The summed E-state index contributed by atoms with van der Waals surface area (Å²) in [5, 5.41) is 2.73. The van der Waals surface area contributed by atoms with E-state index in [1.165, 1.54) is 0 Å². The van der Waals surface area contributed by atoms with Gasteiger partial charge in [-0.25, -0.2) is 4.79 Å². The Kier molecular flexibility index (Phi) is 6.00. The van der Waals surface area contributed by atoms with Crippen molar-refractivity contribution < 1.29 is 14.3 Å². The molecule has 3 N–H and O–H groups in total. The molecule has 0 radical (unpaired) electrons. The number of nitrogens with two attached hydrogens (primary N) is 1. The number of nitrogens with one attached hydrogen (secondary N) is 1. The first-order chi connectivity index (χ1) is 10.4. The van der Waals surface area contributed by atoms with Crippen LogP contribution in [0.1, 0.15) is 42.6 Å². The van der Waals surface area contributed by atoms with Gasteiger partial charge in [-0.2, -0.15) is 0 Å². The molecule has 0 aromatic heterocycles. The van der Waals surface area contributed by atoms with E-state index in [2.05, 4.69) is 11.2 Å². The zero-order chi connectivity index (χ0) is 16.8. The number of esters is 1. The number of terminal acetylenes is 1. The molecule has 1 amide bonds. The molecule has 0 unspecified atom stereocenters. The highest BCUT2D eigenvalue weighted by Crippen LogP contribution is 2.17. The minimum atomic E-state index is -0.703. The largest absolute Gasteiger partial charge is 0.452 e. The molecule has 0 fully saturated rings. The van der Waals surface area contributed by atoms with Crippen LogP contribution in [0.25, 0.3) is 0 Å². The normalized spacial score (nSPS) is 10.6. The highest BCUT2D eigenvalue weighted by molar-refractivity contribution is 5.96. The standard InChI is InChI=1S/C17H22N2O3/c1-5-17(6-2,7-3)19-14(20)11-22-16(21)13-10-8-9-12(4)15(13)18/h1,8-10H,6-7,11,18H2,2-4H3,(H,19,20). The molecule has 0 spiro atoms. The molecule has 0 saturated carbocycles. The van der Waals surface area contributed by atoms with E-state index in [0.717, 1.165) is 5.56 Å². The van der Waals surface area contributed by atoms with Crippen LogP contribution in [0, 0.1) is 19.3 Å². The molecular formula is C17H22N2O3. The Labute approximate surface area is 131 Å². The van der Waals surface area contributed by atoms with Gasteiger partial charge in [-0.05, 0) is 31.4 Å². The summed E-state index contributed by atoms with van der Waals surface area (Å²) in [5.41, 5.74) is 6.51. The Balaban J connectivity index is 2.67. The molecule has 118 valence electrons. The van der Waals surface area contributed by atoms with E-state index >= 15 is 0 Å². The van der Waals surface area contributed by atoms with E-state index in [9.17, 15) is 9.59 Å². The lowest BCUT2D eigenvalue weighted by molar-refractivity contribution is -0.125. The molecule has 0 saturated heterocycles. The number of hydrogen-bond donors (Lipinski definition) is 2. The topological polar surface area (TPSA) is 81.4 Å². The Hall–Kier alpha value is -2.48. The molecule has 0 atom stereocenters. The number of carbonyl (C=O) groups excluding carboxylic acids is 2. The van der Waals surface area contributed by atoms with Gasteiger partial charge >= 0.3 is 5.97 Å². The summed E-state index contributed by atoms with van der Waals surface area (Å²) in [6.07, 6.45) is 6.68. The molecule has 0 heterocycles. The average molecular weight is 302 g/mol. The van der Waals surface area contributed by atoms with Crippen molar-refractivity contribution in [3.05, 3.63) is 29.3 Å². The number of aryl methyl sites for hydroxylation is 1. The molecule has 5 heteroatoms. The summed E-state index contributed by atoms with van der Waals surface area (Å²) in [4.78, 5) is 23.9.